The van der Waals surface area contributed by atoms with Gasteiger partial charge in [0.25, 0.3) is 0 Å². The SMILES string of the molecule is CC(=O)CC(=O)C1CCCCC1C(=O)O. The number of rotatable bonds is 4. The molecular weight excluding hydrogens is 196 g/mol. The molecule has 84 valence electrons. The van der Waals surface area contributed by atoms with Crippen LogP contribution in [0.2, 0.25) is 0 Å². The molecule has 0 heterocycles. The summed E-state index contributed by atoms with van der Waals surface area (Å²) in [6, 6.07) is 0. The van der Waals surface area contributed by atoms with E-state index in [0.717, 1.165) is 12.8 Å². The predicted octanol–water partition coefficient (Wildman–Crippen LogP) is 1.43. The molecule has 0 amide bonds. The summed E-state index contributed by atoms with van der Waals surface area (Å²) in [5, 5.41) is 8.95. The van der Waals surface area contributed by atoms with Gasteiger partial charge in [-0.3, -0.25) is 14.4 Å². The molecular formula is C11H16O4. The van der Waals surface area contributed by atoms with E-state index < -0.39 is 17.8 Å². The minimum absolute atomic E-state index is 0.117. The highest BCUT2D eigenvalue weighted by atomic mass is 16.4. The molecule has 1 saturated carbocycles. The van der Waals surface area contributed by atoms with Gasteiger partial charge in [-0.05, 0) is 19.8 Å². The maximum absolute atomic E-state index is 11.6. The lowest BCUT2D eigenvalue weighted by molar-refractivity contribution is -0.149. The molecule has 4 heteroatoms. The van der Waals surface area contributed by atoms with Crippen LogP contribution in [-0.4, -0.2) is 22.6 Å². The van der Waals surface area contributed by atoms with E-state index >= 15 is 0 Å². The van der Waals surface area contributed by atoms with Gasteiger partial charge in [0.05, 0.1) is 12.3 Å². The number of aliphatic carboxylic acids is 1. The number of carbonyl (C=O) groups is 3. The highest BCUT2D eigenvalue weighted by Gasteiger charge is 2.35. The first-order valence-electron chi connectivity index (χ1n) is 5.27. The minimum atomic E-state index is -0.906. The van der Waals surface area contributed by atoms with Crippen molar-refractivity contribution in [3.8, 4) is 0 Å². The number of carboxylic acid groups (broad SMARTS) is 1. The summed E-state index contributed by atoms with van der Waals surface area (Å²) in [4.78, 5) is 33.4. The second-order valence-electron chi connectivity index (χ2n) is 4.18. The summed E-state index contributed by atoms with van der Waals surface area (Å²) < 4.78 is 0. The lowest BCUT2D eigenvalue weighted by Gasteiger charge is -2.26. The van der Waals surface area contributed by atoms with Gasteiger partial charge in [-0.15, -0.1) is 0 Å². The third-order valence-corrected chi connectivity index (χ3v) is 2.92. The van der Waals surface area contributed by atoms with Crippen LogP contribution in [0.15, 0.2) is 0 Å². The number of Topliss-reactive ketones (excluding diaryl/α,β-unsaturated/α-hetero) is 2. The van der Waals surface area contributed by atoms with Gasteiger partial charge in [0, 0.05) is 5.92 Å². The molecule has 0 aromatic carbocycles. The van der Waals surface area contributed by atoms with Gasteiger partial charge in [0.2, 0.25) is 0 Å². The highest BCUT2D eigenvalue weighted by Crippen LogP contribution is 2.31. The number of hydrogen-bond acceptors (Lipinski definition) is 3. The Morgan fingerprint density at radius 1 is 1.13 bits per heavy atom. The summed E-state index contributed by atoms with van der Waals surface area (Å²) in [5.74, 6) is -2.31. The molecule has 0 aliphatic heterocycles. The quantitative estimate of drug-likeness (QED) is 0.715. The van der Waals surface area contributed by atoms with Crippen LogP contribution in [0, 0.1) is 11.8 Å². The van der Waals surface area contributed by atoms with Crippen LogP contribution in [0.25, 0.3) is 0 Å². The summed E-state index contributed by atoms with van der Waals surface area (Å²) in [5.41, 5.74) is 0. The van der Waals surface area contributed by atoms with Crippen molar-refractivity contribution in [3.63, 3.8) is 0 Å². The smallest absolute Gasteiger partial charge is 0.307 e. The van der Waals surface area contributed by atoms with E-state index in [4.69, 9.17) is 5.11 Å². The summed E-state index contributed by atoms with van der Waals surface area (Å²) in [6.45, 7) is 1.36. The molecule has 0 aromatic rings. The van der Waals surface area contributed by atoms with Gasteiger partial charge < -0.3 is 5.11 Å². The zero-order valence-corrected chi connectivity index (χ0v) is 8.86. The van der Waals surface area contributed by atoms with Gasteiger partial charge in [-0.2, -0.15) is 0 Å². The average molecular weight is 212 g/mol. The Bertz CT molecular complexity index is 282. The van der Waals surface area contributed by atoms with E-state index in [9.17, 15) is 14.4 Å². The number of ketones is 2. The molecule has 0 radical (unpaired) electrons. The summed E-state index contributed by atoms with van der Waals surface area (Å²) in [7, 11) is 0. The second-order valence-corrected chi connectivity index (χ2v) is 4.18. The number of hydrogen-bond donors (Lipinski definition) is 1. The van der Waals surface area contributed by atoms with Crippen molar-refractivity contribution in [3.05, 3.63) is 0 Å². The standard InChI is InChI=1S/C11H16O4/c1-7(12)6-10(13)8-4-2-3-5-9(8)11(14)15/h8-9H,2-6H2,1H3,(H,14,15). The Kier molecular flexibility index (Phi) is 4.00. The maximum atomic E-state index is 11.6. The van der Waals surface area contributed by atoms with E-state index in [2.05, 4.69) is 0 Å². The van der Waals surface area contributed by atoms with E-state index in [1.807, 2.05) is 0 Å². The Morgan fingerprint density at radius 2 is 1.67 bits per heavy atom. The lowest BCUT2D eigenvalue weighted by Crippen LogP contribution is -2.33. The first-order valence-corrected chi connectivity index (χ1v) is 5.27. The van der Waals surface area contributed by atoms with Crippen molar-refractivity contribution < 1.29 is 19.5 Å². The second kappa shape index (κ2) is 5.05. The van der Waals surface area contributed by atoms with Gasteiger partial charge >= 0.3 is 5.97 Å². The molecule has 1 rings (SSSR count). The molecule has 0 aromatic heterocycles. The zero-order valence-electron chi connectivity index (χ0n) is 8.86. The Labute approximate surface area is 88.7 Å². The normalized spacial score (nSPS) is 25.9. The topological polar surface area (TPSA) is 71.4 Å². The number of carboxylic acids is 1. The molecule has 1 aliphatic rings. The Balaban J connectivity index is 2.67. The van der Waals surface area contributed by atoms with Crippen molar-refractivity contribution >= 4 is 17.5 Å². The van der Waals surface area contributed by atoms with Crippen LogP contribution in [0.4, 0.5) is 0 Å². The van der Waals surface area contributed by atoms with Crippen molar-refractivity contribution in [2.75, 3.05) is 0 Å². The summed E-state index contributed by atoms with van der Waals surface area (Å²) >= 11 is 0. The monoisotopic (exact) mass is 212 g/mol. The fourth-order valence-electron chi connectivity index (χ4n) is 2.19. The third kappa shape index (κ3) is 3.15. The van der Waals surface area contributed by atoms with E-state index in [-0.39, 0.29) is 18.0 Å². The lowest BCUT2D eigenvalue weighted by atomic mass is 9.76. The Morgan fingerprint density at radius 3 is 2.13 bits per heavy atom. The fraction of sp³-hybridized carbons (Fsp3) is 0.727. The maximum Gasteiger partial charge on any atom is 0.307 e. The first kappa shape index (κ1) is 11.9. The summed E-state index contributed by atoms with van der Waals surface area (Å²) in [6.07, 6.45) is 2.81. The van der Waals surface area contributed by atoms with Gasteiger partial charge in [0.15, 0.2) is 0 Å². The van der Waals surface area contributed by atoms with Crippen LogP contribution < -0.4 is 0 Å². The molecule has 4 nitrogen and oxygen atoms in total. The van der Waals surface area contributed by atoms with Crippen LogP contribution >= 0.6 is 0 Å². The van der Waals surface area contributed by atoms with Crippen molar-refractivity contribution in [1.82, 2.24) is 0 Å². The third-order valence-electron chi connectivity index (χ3n) is 2.92. The van der Waals surface area contributed by atoms with Crippen molar-refractivity contribution in [1.29, 1.82) is 0 Å². The van der Waals surface area contributed by atoms with Crippen molar-refractivity contribution in [2.45, 2.75) is 39.0 Å². The van der Waals surface area contributed by atoms with Gasteiger partial charge in [0.1, 0.15) is 11.6 Å². The largest absolute Gasteiger partial charge is 0.481 e. The minimum Gasteiger partial charge on any atom is -0.481 e. The average Bonchev–Trinajstić information content (AvgIpc) is 2.16. The van der Waals surface area contributed by atoms with Crippen molar-refractivity contribution in [2.24, 2.45) is 11.8 Å². The van der Waals surface area contributed by atoms with E-state index in [1.54, 1.807) is 0 Å². The molecule has 15 heavy (non-hydrogen) atoms. The molecule has 0 spiro atoms. The predicted molar refractivity (Wildman–Crippen MR) is 53.4 cm³/mol. The molecule has 0 bridgehead atoms. The van der Waals surface area contributed by atoms with E-state index in [0.29, 0.717) is 12.8 Å². The van der Waals surface area contributed by atoms with Crippen LogP contribution in [0.1, 0.15) is 39.0 Å². The Hall–Kier alpha value is -1.19. The molecule has 1 aliphatic carbocycles. The number of carbonyl (C=O) groups excluding carboxylic acids is 2. The van der Waals surface area contributed by atoms with Crippen LogP contribution in [0.5, 0.6) is 0 Å². The molecule has 1 fully saturated rings. The van der Waals surface area contributed by atoms with Gasteiger partial charge in [-0.25, -0.2) is 0 Å². The van der Waals surface area contributed by atoms with Crippen LogP contribution in [0.3, 0.4) is 0 Å². The molecule has 1 N–H and O–H groups in total. The zero-order chi connectivity index (χ0) is 11.4. The molecule has 2 unspecified atom stereocenters. The first-order chi connectivity index (χ1) is 7.02. The van der Waals surface area contributed by atoms with E-state index in [1.165, 1.54) is 6.92 Å². The molecule has 0 saturated heterocycles. The molecule has 2 atom stereocenters. The van der Waals surface area contributed by atoms with Gasteiger partial charge in [-0.1, -0.05) is 12.8 Å². The highest BCUT2D eigenvalue weighted by molar-refractivity contribution is 6.00. The fourth-order valence-corrected chi connectivity index (χ4v) is 2.19. The van der Waals surface area contributed by atoms with Crippen LogP contribution in [-0.2, 0) is 14.4 Å².